The summed E-state index contributed by atoms with van der Waals surface area (Å²) in [5.41, 5.74) is 2.02. The van der Waals surface area contributed by atoms with Crippen LogP contribution in [0.5, 0.6) is 0 Å². The van der Waals surface area contributed by atoms with Gasteiger partial charge in [-0.1, -0.05) is 11.6 Å². The van der Waals surface area contributed by atoms with Crippen molar-refractivity contribution in [1.82, 2.24) is 9.55 Å². The topological polar surface area (TPSA) is 89.3 Å². The highest BCUT2D eigenvalue weighted by atomic mass is 35.5. The number of fused-ring (bicyclic) bond motifs is 2. The molecule has 0 amide bonds. The summed E-state index contributed by atoms with van der Waals surface area (Å²) in [5.74, 6) is -0.232. The van der Waals surface area contributed by atoms with Gasteiger partial charge < -0.3 is 0 Å². The summed E-state index contributed by atoms with van der Waals surface area (Å²) >= 11 is 5.96. The number of hydrogen-bond donors (Lipinski definition) is 0. The molecule has 0 fully saturated rings. The molecule has 0 saturated carbocycles. The number of carbonyl (C=O) groups is 1. The molecule has 0 unspecified atom stereocenters. The number of nitrogens with zero attached hydrogens (tertiary/aromatic N) is 3. The van der Waals surface area contributed by atoms with Gasteiger partial charge in [-0.25, -0.2) is 13.4 Å². The number of aromatic nitrogens is 2. The molecule has 0 N–H and O–H groups in total. The van der Waals surface area contributed by atoms with Crippen molar-refractivity contribution in [3.8, 4) is 0 Å². The lowest BCUT2D eigenvalue weighted by Gasteiger charge is -2.18. The van der Waals surface area contributed by atoms with Crippen molar-refractivity contribution >= 4 is 44.0 Å². The number of benzene rings is 2. The number of hydrogen-bond acceptors (Lipinski definition) is 5. The second kappa shape index (κ2) is 7.27. The van der Waals surface area contributed by atoms with Crippen molar-refractivity contribution in [3.05, 3.63) is 69.2 Å². The van der Waals surface area contributed by atoms with Gasteiger partial charge in [0.05, 0.1) is 35.2 Å². The third-order valence-electron chi connectivity index (χ3n) is 5.06. The minimum atomic E-state index is -3.34. The Morgan fingerprint density at radius 1 is 1.21 bits per heavy atom. The van der Waals surface area contributed by atoms with E-state index in [4.69, 9.17) is 11.6 Å². The Labute approximate surface area is 172 Å². The van der Waals surface area contributed by atoms with Gasteiger partial charge in [0.25, 0.3) is 5.56 Å². The molecule has 29 heavy (non-hydrogen) atoms. The van der Waals surface area contributed by atoms with Gasteiger partial charge in [0.15, 0.2) is 5.78 Å². The molecule has 150 valence electrons. The fourth-order valence-corrected chi connectivity index (χ4v) is 4.81. The molecule has 0 bridgehead atoms. The zero-order chi connectivity index (χ0) is 20.8. The SMILES string of the molecule is CCS(=O)(=O)N1CCc2cc(C(=O)Cn3cnc4ccc(Cl)cc4c3=O)ccc21. The van der Waals surface area contributed by atoms with Crippen molar-refractivity contribution in [3.63, 3.8) is 0 Å². The van der Waals surface area contributed by atoms with E-state index in [1.165, 1.54) is 21.3 Å². The van der Waals surface area contributed by atoms with Crippen LogP contribution in [0, 0.1) is 0 Å². The van der Waals surface area contributed by atoms with E-state index in [0.717, 1.165) is 5.56 Å². The fourth-order valence-electron chi connectivity index (χ4n) is 3.48. The Morgan fingerprint density at radius 3 is 2.76 bits per heavy atom. The van der Waals surface area contributed by atoms with E-state index >= 15 is 0 Å². The number of Topliss-reactive ketones (excluding diaryl/α,β-unsaturated/α-hetero) is 1. The van der Waals surface area contributed by atoms with Crippen LogP contribution in [0.25, 0.3) is 10.9 Å². The molecule has 2 heterocycles. The fraction of sp³-hybridized carbons (Fsp3) is 0.250. The van der Waals surface area contributed by atoms with Crippen molar-refractivity contribution in [2.45, 2.75) is 19.9 Å². The highest BCUT2D eigenvalue weighted by Crippen LogP contribution is 2.31. The van der Waals surface area contributed by atoms with E-state index in [1.807, 2.05) is 0 Å². The van der Waals surface area contributed by atoms with Gasteiger partial charge in [-0.15, -0.1) is 0 Å². The number of rotatable bonds is 5. The summed E-state index contributed by atoms with van der Waals surface area (Å²) in [5, 5.41) is 0.771. The maximum Gasteiger partial charge on any atom is 0.261 e. The van der Waals surface area contributed by atoms with Crippen LogP contribution in [-0.2, 0) is 23.0 Å². The molecule has 1 aromatic heterocycles. The number of carbonyl (C=O) groups excluding carboxylic acids is 1. The quantitative estimate of drug-likeness (QED) is 0.579. The molecule has 0 aliphatic carbocycles. The van der Waals surface area contributed by atoms with Crippen molar-refractivity contribution < 1.29 is 13.2 Å². The molecule has 4 rings (SSSR count). The first-order valence-corrected chi connectivity index (χ1v) is 11.1. The van der Waals surface area contributed by atoms with Crippen LogP contribution in [0.4, 0.5) is 5.69 Å². The molecular weight excluding hydrogens is 414 g/mol. The van der Waals surface area contributed by atoms with E-state index in [9.17, 15) is 18.0 Å². The summed E-state index contributed by atoms with van der Waals surface area (Å²) in [4.78, 5) is 29.6. The van der Waals surface area contributed by atoms with E-state index in [0.29, 0.717) is 40.1 Å². The van der Waals surface area contributed by atoms with Crippen LogP contribution < -0.4 is 9.86 Å². The number of halogens is 1. The van der Waals surface area contributed by atoms with Crippen LogP contribution in [-0.4, -0.2) is 36.0 Å². The predicted molar refractivity (Wildman–Crippen MR) is 112 cm³/mol. The van der Waals surface area contributed by atoms with Crippen LogP contribution in [0.1, 0.15) is 22.8 Å². The van der Waals surface area contributed by atoms with E-state index in [2.05, 4.69) is 4.98 Å². The van der Waals surface area contributed by atoms with Gasteiger partial charge in [0, 0.05) is 17.1 Å². The maximum atomic E-state index is 12.8. The largest absolute Gasteiger partial charge is 0.292 e. The first-order chi connectivity index (χ1) is 13.8. The molecule has 3 aromatic rings. The van der Waals surface area contributed by atoms with E-state index in [1.54, 1.807) is 37.3 Å². The zero-order valence-corrected chi connectivity index (χ0v) is 17.2. The molecule has 1 aliphatic rings. The maximum absolute atomic E-state index is 12.8. The lowest BCUT2D eigenvalue weighted by Crippen LogP contribution is -2.30. The molecule has 7 nitrogen and oxygen atoms in total. The van der Waals surface area contributed by atoms with Gasteiger partial charge in [-0.2, -0.15) is 0 Å². The Kier molecular flexibility index (Phi) is 4.92. The smallest absolute Gasteiger partial charge is 0.261 e. The normalized spacial score (nSPS) is 13.7. The zero-order valence-electron chi connectivity index (χ0n) is 15.6. The third-order valence-corrected chi connectivity index (χ3v) is 7.07. The molecule has 2 aromatic carbocycles. The Bertz CT molecular complexity index is 1300. The molecule has 0 spiro atoms. The van der Waals surface area contributed by atoms with Gasteiger partial charge in [0.1, 0.15) is 0 Å². The van der Waals surface area contributed by atoms with Gasteiger partial charge >= 0.3 is 0 Å². The van der Waals surface area contributed by atoms with Gasteiger partial charge in [-0.3, -0.25) is 18.5 Å². The lowest BCUT2D eigenvalue weighted by molar-refractivity contribution is 0.0970. The third kappa shape index (κ3) is 3.54. The lowest BCUT2D eigenvalue weighted by atomic mass is 10.1. The van der Waals surface area contributed by atoms with Crippen molar-refractivity contribution in [2.24, 2.45) is 0 Å². The van der Waals surface area contributed by atoms with Gasteiger partial charge in [0.2, 0.25) is 10.0 Å². The Balaban J connectivity index is 1.63. The van der Waals surface area contributed by atoms with Crippen LogP contribution in [0.3, 0.4) is 0 Å². The van der Waals surface area contributed by atoms with Crippen molar-refractivity contribution in [1.29, 1.82) is 0 Å². The van der Waals surface area contributed by atoms with Crippen LogP contribution >= 0.6 is 11.6 Å². The predicted octanol–water partition coefficient (Wildman–Crippen LogP) is 2.65. The van der Waals surface area contributed by atoms with E-state index < -0.39 is 10.0 Å². The first-order valence-electron chi connectivity index (χ1n) is 9.11. The summed E-state index contributed by atoms with van der Waals surface area (Å²) in [6.07, 6.45) is 1.89. The molecule has 9 heteroatoms. The van der Waals surface area contributed by atoms with Crippen molar-refractivity contribution in [2.75, 3.05) is 16.6 Å². The highest BCUT2D eigenvalue weighted by Gasteiger charge is 2.28. The average molecular weight is 432 g/mol. The summed E-state index contributed by atoms with van der Waals surface area (Å²) in [6.45, 7) is 1.82. The molecule has 0 saturated heterocycles. The standard InChI is InChI=1S/C20H18ClN3O4S/c1-2-29(27,28)24-8-7-13-9-14(3-6-18(13)24)19(25)11-23-12-22-17-5-4-15(21)10-16(17)20(23)26/h3-6,9-10,12H,2,7-8,11H2,1H3. The first kappa shape index (κ1) is 19.6. The summed E-state index contributed by atoms with van der Waals surface area (Å²) < 4.78 is 27.0. The van der Waals surface area contributed by atoms with Crippen LogP contribution in [0.2, 0.25) is 5.02 Å². The molecule has 1 aliphatic heterocycles. The molecular formula is C20H18ClN3O4S. The molecule has 0 atom stereocenters. The second-order valence-electron chi connectivity index (χ2n) is 6.83. The summed E-state index contributed by atoms with van der Waals surface area (Å²) in [6, 6.07) is 9.80. The Hall–Kier alpha value is -2.71. The Morgan fingerprint density at radius 2 is 2.00 bits per heavy atom. The minimum Gasteiger partial charge on any atom is -0.292 e. The average Bonchev–Trinajstić information content (AvgIpc) is 3.14. The second-order valence-corrected chi connectivity index (χ2v) is 9.45. The monoisotopic (exact) mass is 431 g/mol. The van der Waals surface area contributed by atoms with Gasteiger partial charge in [-0.05, 0) is 55.3 Å². The number of sulfonamides is 1. The highest BCUT2D eigenvalue weighted by molar-refractivity contribution is 7.92. The number of anilines is 1. The van der Waals surface area contributed by atoms with E-state index in [-0.39, 0.29) is 23.6 Å². The minimum absolute atomic E-state index is 0.0228. The summed E-state index contributed by atoms with van der Waals surface area (Å²) in [7, 11) is -3.34. The number of ketones is 1. The molecule has 0 radical (unpaired) electrons. The van der Waals surface area contributed by atoms with Crippen LogP contribution in [0.15, 0.2) is 47.5 Å².